The predicted molar refractivity (Wildman–Crippen MR) is 62.6 cm³/mol. The molecule has 0 unspecified atom stereocenters. The first kappa shape index (κ1) is 10.3. The molecule has 0 amide bonds. The van der Waals surface area contributed by atoms with Crippen molar-refractivity contribution in [1.82, 2.24) is 4.98 Å². The van der Waals surface area contributed by atoms with E-state index in [1.165, 1.54) is 11.3 Å². The molecule has 0 saturated carbocycles. The number of Topliss-reactive ketones (excluding diaryl/α,β-unsaturated/α-hetero) is 1. The van der Waals surface area contributed by atoms with Gasteiger partial charge in [0.2, 0.25) is 0 Å². The van der Waals surface area contributed by atoms with Gasteiger partial charge >= 0.3 is 0 Å². The molecule has 0 fully saturated rings. The maximum Gasteiger partial charge on any atom is 0.191 e. The summed E-state index contributed by atoms with van der Waals surface area (Å²) in [6, 6.07) is 0. The highest BCUT2D eigenvalue weighted by molar-refractivity contribution is 7.11. The highest BCUT2D eigenvalue weighted by Gasteiger charge is 2.30. The summed E-state index contributed by atoms with van der Waals surface area (Å²) < 4.78 is 0. The van der Waals surface area contributed by atoms with Crippen molar-refractivity contribution in [3.63, 3.8) is 0 Å². The molecule has 0 spiro atoms. The molecular formula is C12H13NOS. The predicted octanol–water partition coefficient (Wildman–Crippen LogP) is 3.08. The fraction of sp³-hybridized carbons (Fsp3) is 0.333. The highest BCUT2D eigenvalue weighted by Crippen LogP contribution is 2.37. The van der Waals surface area contributed by atoms with Gasteiger partial charge in [-0.05, 0) is 17.4 Å². The van der Waals surface area contributed by atoms with Gasteiger partial charge in [0, 0.05) is 11.6 Å². The number of hydrogen-bond acceptors (Lipinski definition) is 3. The van der Waals surface area contributed by atoms with Gasteiger partial charge in [-0.3, -0.25) is 4.79 Å². The van der Waals surface area contributed by atoms with Crippen LogP contribution in [0.2, 0.25) is 0 Å². The van der Waals surface area contributed by atoms with E-state index in [4.69, 9.17) is 0 Å². The van der Waals surface area contributed by atoms with Gasteiger partial charge in [-0.25, -0.2) is 4.98 Å². The van der Waals surface area contributed by atoms with E-state index in [2.05, 4.69) is 25.4 Å². The third-order valence-electron chi connectivity index (χ3n) is 2.43. The molecule has 1 aromatic rings. The van der Waals surface area contributed by atoms with E-state index in [0.717, 1.165) is 11.4 Å². The molecule has 1 aromatic heterocycles. The van der Waals surface area contributed by atoms with Crippen molar-refractivity contribution in [3.05, 3.63) is 34.8 Å². The minimum Gasteiger partial charge on any atom is -0.289 e. The van der Waals surface area contributed by atoms with Gasteiger partial charge in [-0.15, -0.1) is 11.3 Å². The normalized spacial score (nSPS) is 20.3. The van der Waals surface area contributed by atoms with Gasteiger partial charge < -0.3 is 0 Å². The Morgan fingerprint density at radius 2 is 2.27 bits per heavy atom. The standard InChI is InChI=1S/C12H13NOS/c1-8-6-12(2,3)7-9(10(8)14)11-13-4-5-15-11/h4-5,7H,1,6H2,2-3H3. The van der Waals surface area contributed by atoms with Gasteiger partial charge in [0.05, 0.1) is 5.57 Å². The van der Waals surface area contributed by atoms with Gasteiger partial charge in [0.1, 0.15) is 5.01 Å². The molecule has 78 valence electrons. The zero-order chi connectivity index (χ0) is 11.1. The van der Waals surface area contributed by atoms with E-state index in [1.54, 1.807) is 6.20 Å². The lowest BCUT2D eigenvalue weighted by molar-refractivity contribution is -0.111. The van der Waals surface area contributed by atoms with E-state index in [0.29, 0.717) is 11.1 Å². The molecule has 1 aliphatic carbocycles. The molecule has 0 aromatic carbocycles. The average Bonchev–Trinajstić information content (AvgIpc) is 2.63. The number of thiazole rings is 1. The van der Waals surface area contributed by atoms with Crippen LogP contribution in [0.15, 0.2) is 29.8 Å². The first-order chi connectivity index (χ1) is 6.99. The third kappa shape index (κ3) is 1.92. The van der Waals surface area contributed by atoms with Crippen LogP contribution in [0.5, 0.6) is 0 Å². The SMILES string of the molecule is C=C1CC(C)(C)C=C(c2nccs2)C1=O. The fourth-order valence-electron chi connectivity index (χ4n) is 1.84. The molecule has 1 heterocycles. The second-order valence-corrected chi connectivity index (χ2v) is 5.39. The number of ketones is 1. The monoisotopic (exact) mass is 219 g/mol. The second-order valence-electron chi connectivity index (χ2n) is 4.49. The second kappa shape index (κ2) is 3.42. The largest absolute Gasteiger partial charge is 0.289 e. The van der Waals surface area contributed by atoms with E-state index >= 15 is 0 Å². The van der Waals surface area contributed by atoms with Crippen molar-refractivity contribution < 1.29 is 4.79 Å². The number of carbonyl (C=O) groups excluding carboxylic acids is 1. The fourth-order valence-corrected chi connectivity index (χ4v) is 2.49. The number of aromatic nitrogens is 1. The van der Waals surface area contributed by atoms with Crippen molar-refractivity contribution in [3.8, 4) is 0 Å². The smallest absolute Gasteiger partial charge is 0.191 e. The van der Waals surface area contributed by atoms with E-state index in [1.807, 2.05) is 11.5 Å². The van der Waals surface area contributed by atoms with Crippen LogP contribution in [0.4, 0.5) is 0 Å². The van der Waals surface area contributed by atoms with E-state index in [9.17, 15) is 4.79 Å². The van der Waals surface area contributed by atoms with Crippen LogP contribution in [0.3, 0.4) is 0 Å². The van der Waals surface area contributed by atoms with E-state index in [-0.39, 0.29) is 11.2 Å². The van der Waals surface area contributed by atoms with Gasteiger partial charge in [-0.2, -0.15) is 0 Å². The number of allylic oxidation sites excluding steroid dienone is 3. The lowest BCUT2D eigenvalue weighted by Crippen LogP contribution is -2.21. The molecule has 0 aliphatic heterocycles. The van der Waals surface area contributed by atoms with Gasteiger partial charge in [-0.1, -0.05) is 26.5 Å². The lowest BCUT2D eigenvalue weighted by Gasteiger charge is -2.27. The van der Waals surface area contributed by atoms with Crippen molar-refractivity contribution in [2.24, 2.45) is 5.41 Å². The summed E-state index contributed by atoms with van der Waals surface area (Å²) in [6.07, 6.45) is 4.47. The van der Waals surface area contributed by atoms with Crippen LogP contribution in [0.1, 0.15) is 25.3 Å². The molecule has 2 nitrogen and oxygen atoms in total. The Bertz CT molecular complexity index is 440. The minimum absolute atomic E-state index is 0.00595. The zero-order valence-electron chi connectivity index (χ0n) is 8.91. The van der Waals surface area contributed by atoms with Crippen molar-refractivity contribution in [2.75, 3.05) is 0 Å². The zero-order valence-corrected chi connectivity index (χ0v) is 9.73. The topological polar surface area (TPSA) is 30.0 Å². The molecule has 0 N–H and O–H groups in total. The van der Waals surface area contributed by atoms with Crippen molar-refractivity contribution >= 4 is 22.7 Å². The average molecular weight is 219 g/mol. The summed E-state index contributed by atoms with van der Waals surface area (Å²) in [5, 5.41) is 2.68. The van der Waals surface area contributed by atoms with Gasteiger partial charge in [0.15, 0.2) is 5.78 Å². The van der Waals surface area contributed by atoms with Crippen LogP contribution >= 0.6 is 11.3 Å². The van der Waals surface area contributed by atoms with Crippen LogP contribution in [0, 0.1) is 5.41 Å². The first-order valence-electron chi connectivity index (χ1n) is 4.85. The van der Waals surface area contributed by atoms with E-state index < -0.39 is 0 Å². The molecule has 0 bridgehead atoms. The minimum atomic E-state index is 0.00595. The van der Waals surface area contributed by atoms with Crippen LogP contribution in [-0.2, 0) is 4.79 Å². The molecule has 3 heteroatoms. The molecule has 15 heavy (non-hydrogen) atoms. The number of nitrogens with zero attached hydrogens (tertiary/aromatic N) is 1. The Balaban J connectivity index is 2.50. The molecular weight excluding hydrogens is 206 g/mol. The summed E-state index contributed by atoms with van der Waals surface area (Å²) >= 11 is 1.49. The van der Waals surface area contributed by atoms with Crippen LogP contribution in [0.25, 0.3) is 5.57 Å². The molecule has 0 saturated heterocycles. The maximum atomic E-state index is 11.9. The van der Waals surface area contributed by atoms with Crippen LogP contribution in [-0.4, -0.2) is 10.8 Å². The van der Waals surface area contributed by atoms with Crippen molar-refractivity contribution in [1.29, 1.82) is 0 Å². The quantitative estimate of drug-likeness (QED) is 0.679. The number of hydrogen-bond donors (Lipinski definition) is 0. The summed E-state index contributed by atoms with van der Waals surface area (Å²) in [6.45, 7) is 8.06. The maximum absolute atomic E-state index is 11.9. The summed E-state index contributed by atoms with van der Waals surface area (Å²) in [7, 11) is 0. The Labute approximate surface area is 93.4 Å². The molecule has 1 aliphatic rings. The lowest BCUT2D eigenvalue weighted by atomic mass is 9.77. The Hall–Kier alpha value is -1.22. The van der Waals surface area contributed by atoms with Gasteiger partial charge in [0.25, 0.3) is 0 Å². The Morgan fingerprint density at radius 3 is 2.87 bits per heavy atom. The Morgan fingerprint density at radius 1 is 1.53 bits per heavy atom. The highest BCUT2D eigenvalue weighted by atomic mass is 32.1. The Kier molecular flexibility index (Phi) is 2.35. The number of rotatable bonds is 1. The summed E-state index contributed by atoms with van der Waals surface area (Å²) in [4.78, 5) is 16.1. The summed E-state index contributed by atoms with van der Waals surface area (Å²) in [5.41, 5.74) is 1.41. The van der Waals surface area contributed by atoms with Crippen LogP contribution < -0.4 is 0 Å². The molecule has 0 radical (unpaired) electrons. The molecule has 2 rings (SSSR count). The van der Waals surface area contributed by atoms with Crippen molar-refractivity contribution in [2.45, 2.75) is 20.3 Å². The summed E-state index contributed by atoms with van der Waals surface area (Å²) in [5.74, 6) is 0.0456. The third-order valence-corrected chi connectivity index (χ3v) is 3.24. The molecule has 0 atom stereocenters. The first-order valence-corrected chi connectivity index (χ1v) is 5.73. The number of carbonyl (C=O) groups is 1.